The zero-order chi connectivity index (χ0) is 13.4. The standard InChI is InChI=1S/C12H15ClN2O3/c1-2-18-12(17)15-7-6-14-11(16)9-4-3-5-10(13)8-9/h3-5,8H,2,6-7H2,1H3,(H,14,16)(H,15,17). The van der Waals surface area contributed by atoms with Crippen LogP contribution in [0.4, 0.5) is 4.79 Å². The summed E-state index contributed by atoms with van der Waals surface area (Å²) in [6, 6.07) is 6.64. The van der Waals surface area contributed by atoms with Crippen LogP contribution in [0.25, 0.3) is 0 Å². The van der Waals surface area contributed by atoms with Crippen molar-refractivity contribution in [3.8, 4) is 0 Å². The van der Waals surface area contributed by atoms with Gasteiger partial charge in [0, 0.05) is 23.7 Å². The van der Waals surface area contributed by atoms with Gasteiger partial charge in [-0.3, -0.25) is 4.79 Å². The first-order valence-corrected chi connectivity index (χ1v) is 5.95. The number of nitrogens with one attached hydrogen (secondary N) is 2. The minimum Gasteiger partial charge on any atom is -0.450 e. The fourth-order valence-corrected chi connectivity index (χ4v) is 1.44. The van der Waals surface area contributed by atoms with E-state index in [1.807, 2.05) is 0 Å². The SMILES string of the molecule is CCOC(=O)NCCNC(=O)c1cccc(Cl)c1. The van der Waals surface area contributed by atoms with Crippen molar-refractivity contribution in [2.75, 3.05) is 19.7 Å². The van der Waals surface area contributed by atoms with E-state index in [4.69, 9.17) is 11.6 Å². The zero-order valence-corrected chi connectivity index (χ0v) is 10.8. The molecule has 0 spiro atoms. The van der Waals surface area contributed by atoms with Crippen LogP contribution in [-0.2, 0) is 4.74 Å². The normalized spacial score (nSPS) is 9.67. The molecule has 0 saturated carbocycles. The maximum Gasteiger partial charge on any atom is 0.407 e. The van der Waals surface area contributed by atoms with Gasteiger partial charge in [-0.05, 0) is 25.1 Å². The Morgan fingerprint density at radius 1 is 1.28 bits per heavy atom. The molecule has 1 aromatic carbocycles. The van der Waals surface area contributed by atoms with Crippen molar-refractivity contribution in [1.82, 2.24) is 10.6 Å². The van der Waals surface area contributed by atoms with Gasteiger partial charge in [-0.1, -0.05) is 17.7 Å². The predicted molar refractivity (Wildman–Crippen MR) is 68.8 cm³/mol. The van der Waals surface area contributed by atoms with Crippen LogP contribution in [0, 0.1) is 0 Å². The van der Waals surface area contributed by atoms with Gasteiger partial charge in [0.15, 0.2) is 0 Å². The molecule has 0 saturated heterocycles. The molecule has 0 aliphatic rings. The van der Waals surface area contributed by atoms with Crippen LogP contribution < -0.4 is 10.6 Å². The van der Waals surface area contributed by atoms with Gasteiger partial charge < -0.3 is 15.4 Å². The Morgan fingerprint density at radius 3 is 2.67 bits per heavy atom. The summed E-state index contributed by atoms with van der Waals surface area (Å²) in [6.07, 6.45) is -0.491. The van der Waals surface area contributed by atoms with Gasteiger partial charge in [-0.2, -0.15) is 0 Å². The minimum atomic E-state index is -0.491. The van der Waals surface area contributed by atoms with Gasteiger partial charge in [0.05, 0.1) is 6.61 Å². The van der Waals surface area contributed by atoms with Crippen LogP contribution >= 0.6 is 11.6 Å². The van der Waals surface area contributed by atoms with Crippen LogP contribution in [0.1, 0.15) is 17.3 Å². The first kappa shape index (κ1) is 14.3. The van der Waals surface area contributed by atoms with E-state index in [-0.39, 0.29) is 5.91 Å². The molecule has 0 fully saturated rings. The summed E-state index contributed by atoms with van der Waals surface area (Å²) < 4.78 is 4.67. The lowest BCUT2D eigenvalue weighted by molar-refractivity contribution is 0.0952. The molecule has 98 valence electrons. The van der Waals surface area contributed by atoms with E-state index in [2.05, 4.69) is 15.4 Å². The Labute approximate surface area is 110 Å². The number of alkyl carbamates (subject to hydrolysis) is 1. The van der Waals surface area contributed by atoms with Crippen LogP contribution in [0.2, 0.25) is 5.02 Å². The fourth-order valence-electron chi connectivity index (χ4n) is 1.25. The number of benzene rings is 1. The summed E-state index contributed by atoms with van der Waals surface area (Å²) in [5.74, 6) is -0.233. The number of rotatable bonds is 5. The molecule has 0 aliphatic heterocycles. The number of amides is 2. The Kier molecular flexibility index (Phi) is 6.00. The quantitative estimate of drug-likeness (QED) is 0.802. The average Bonchev–Trinajstić information content (AvgIpc) is 2.35. The molecule has 0 atom stereocenters. The van der Waals surface area contributed by atoms with Crippen molar-refractivity contribution in [2.45, 2.75) is 6.92 Å². The van der Waals surface area contributed by atoms with E-state index >= 15 is 0 Å². The highest BCUT2D eigenvalue weighted by Crippen LogP contribution is 2.10. The van der Waals surface area contributed by atoms with E-state index in [0.29, 0.717) is 30.3 Å². The lowest BCUT2D eigenvalue weighted by Crippen LogP contribution is -2.34. The zero-order valence-electron chi connectivity index (χ0n) is 10.0. The molecule has 2 amide bonds. The molecule has 0 aliphatic carbocycles. The number of halogens is 1. The summed E-state index contributed by atoms with van der Waals surface area (Å²) >= 11 is 5.77. The van der Waals surface area contributed by atoms with Gasteiger partial charge in [0.2, 0.25) is 0 Å². The van der Waals surface area contributed by atoms with Gasteiger partial charge in [0.1, 0.15) is 0 Å². The van der Waals surface area contributed by atoms with Crippen molar-refractivity contribution in [3.05, 3.63) is 34.9 Å². The Morgan fingerprint density at radius 2 is 2.00 bits per heavy atom. The minimum absolute atomic E-state index is 0.233. The molecule has 0 bridgehead atoms. The molecular weight excluding hydrogens is 256 g/mol. The molecule has 1 aromatic rings. The van der Waals surface area contributed by atoms with E-state index in [9.17, 15) is 9.59 Å². The molecule has 0 unspecified atom stereocenters. The number of ether oxygens (including phenoxy) is 1. The maximum atomic E-state index is 11.7. The third-order valence-electron chi connectivity index (χ3n) is 2.04. The first-order valence-electron chi connectivity index (χ1n) is 5.58. The number of carbonyl (C=O) groups excluding carboxylic acids is 2. The summed E-state index contributed by atoms with van der Waals surface area (Å²) in [5, 5.41) is 5.66. The summed E-state index contributed by atoms with van der Waals surface area (Å²) in [6.45, 7) is 2.68. The van der Waals surface area contributed by atoms with Gasteiger partial charge in [-0.15, -0.1) is 0 Å². The molecule has 2 N–H and O–H groups in total. The molecule has 0 radical (unpaired) electrons. The largest absolute Gasteiger partial charge is 0.450 e. The van der Waals surface area contributed by atoms with Crippen molar-refractivity contribution < 1.29 is 14.3 Å². The van der Waals surface area contributed by atoms with Crippen LogP contribution in [0.3, 0.4) is 0 Å². The maximum absolute atomic E-state index is 11.7. The molecular formula is C12H15ClN2O3. The first-order chi connectivity index (χ1) is 8.63. The topological polar surface area (TPSA) is 67.4 Å². The van der Waals surface area contributed by atoms with Crippen molar-refractivity contribution >= 4 is 23.6 Å². The molecule has 5 nitrogen and oxygen atoms in total. The van der Waals surface area contributed by atoms with Crippen molar-refractivity contribution in [3.63, 3.8) is 0 Å². The highest BCUT2D eigenvalue weighted by molar-refractivity contribution is 6.30. The van der Waals surface area contributed by atoms with Crippen molar-refractivity contribution in [2.24, 2.45) is 0 Å². The van der Waals surface area contributed by atoms with Crippen LogP contribution in [0.5, 0.6) is 0 Å². The number of hydrogen-bond acceptors (Lipinski definition) is 3. The van der Waals surface area contributed by atoms with Crippen LogP contribution in [-0.4, -0.2) is 31.7 Å². The second kappa shape index (κ2) is 7.55. The highest BCUT2D eigenvalue weighted by Gasteiger charge is 2.05. The monoisotopic (exact) mass is 270 g/mol. The second-order valence-corrected chi connectivity index (χ2v) is 3.85. The fraction of sp³-hybridized carbons (Fsp3) is 0.333. The lowest BCUT2D eigenvalue weighted by Gasteiger charge is -2.07. The lowest BCUT2D eigenvalue weighted by atomic mass is 10.2. The predicted octanol–water partition coefficient (Wildman–Crippen LogP) is 1.82. The molecule has 6 heteroatoms. The summed E-state index contributed by atoms with van der Waals surface area (Å²) in [5.41, 5.74) is 0.485. The van der Waals surface area contributed by atoms with Crippen LogP contribution in [0.15, 0.2) is 24.3 Å². The second-order valence-electron chi connectivity index (χ2n) is 3.41. The van der Waals surface area contributed by atoms with Gasteiger partial charge in [-0.25, -0.2) is 4.79 Å². The van der Waals surface area contributed by atoms with E-state index in [1.165, 1.54) is 0 Å². The molecule has 18 heavy (non-hydrogen) atoms. The van der Waals surface area contributed by atoms with E-state index < -0.39 is 6.09 Å². The smallest absolute Gasteiger partial charge is 0.407 e. The molecule has 0 heterocycles. The molecule has 0 aromatic heterocycles. The third-order valence-corrected chi connectivity index (χ3v) is 2.28. The number of hydrogen-bond donors (Lipinski definition) is 2. The Hall–Kier alpha value is -1.75. The Balaban J connectivity index is 2.27. The third kappa shape index (κ3) is 5.05. The highest BCUT2D eigenvalue weighted by atomic mass is 35.5. The number of carbonyl (C=O) groups is 2. The van der Waals surface area contributed by atoms with Crippen molar-refractivity contribution in [1.29, 1.82) is 0 Å². The average molecular weight is 271 g/mol. The van der Waals surface area contributed by atoms with Gasteiger partial charge >= 0.3 is 6.09 Å². The Bertz CT molecular complexity index is 424. The summed E-state index contributed by atoms with van der Waals surface area (Å²) in [4.78, 5) is 22.6. The summed E-state index contributed by atoms with van der Waals surface area (Å²) in [7, 11) is 0. The van der Waals surface area contributed by atoms with E-state index in [1.54, 1.807) is 31.2 Å². The molecule has 1 rings (SSSR count). The van der Waals surface area contributed by atoms with E-state index in [0.717, 1.165) is 0 Å². The van der Waals surface area contributed by atoms with Gasteiger partial charge in [0.25, 0.3) is 5.91 Å².